The number of esters is 3. The fourth-order valence-corrected chi connectivity index (χ4v) is 6.09. The van der Waals surface area contributed by atoms with Crippen molar-refractivity contribution in [2.45, 2.75) is 91.4 Å². The molecule has 2 aromatic rings. The van der Waals surface area contributed by atoms with Crippen LogP contribution < -0.4 is 0 Å². The van der Waals surface area contributed by atoms with E-state index in [1.807, 2.05) is 26.2 Å². The molecule has 0 amide bonds. The Bertz CT molecular complexity index is 1480. The molecule has 0 spiro atoms. The van der Waals surface area contributed by atoms with Gasteiger partial charge in [-0.1, -0.05) is 96.1 Å². The first kappa shape index (κ1) is 36.8. The van der Waals surface area contributed by atoms with Crippen molar-refractivity contribution >= 4 is 29.5 Å². The van der Waals surface area contributed by atoms with E-state index < -0.39 is 72.3 Å². The Hall–Kier alpha value is -4.02. The zero-order valence-electron chi connectivity index (χ0n) is 29.3. The third-order valence-corrected chi connectivity index (χ3v) is 8.95. The molecule has 5 atom stereocenters. The minimum atomic E-state index is -1.69. The summed E-state index contributed by atoms with van der Waals surface area (Å²) in [6.45, 7) is 10.3. The first-order valence-corrected chi connectivity index (χ1v) is 16.8. The molecule has 1 N–H and O–H groups in total. The lowest BCUT2D eigenvalue weighted by Gasteiger charge is -2.49. The molecular weight excluding hydrogens is 614 g/mol. The Morgan fingerprint density at radius 2 is 1.19 bits per heavy atom. The third-order valence-electron chi connectivity index (χ3n) is 8.95. The number of fused-ring (bicyclic) bond motifs is 2. The summed E-state index contributed by atoms with van der Waals surface area (Å²) in [5.41, 5.74) is 6.01. The number of carbonyl (C=O) groups excluding carboxylic acids is 3. The predicted molar refractivity (Wildman–Crippen MR) is 179 cm³/mol. The van der Waals surface area contributed by atoms with Gasteiger partial charge in [0.25, 0.3) is 0 Å². The Morgan fingerprint density at radius 3 is 1.65 bits per heavy atom. The van der Waals surface area contributed by atoms with Gasteiger partial charge in [0.2, 0.25) is 18.4 Å². The van der Waals surface area contributed by atoms with Crippen LogP contribution in [0.5, 0.6) is 0 Å². The van der Waals surface area contributed by atoms with E-state index in [1.54, 1.807) is 41.5 Å². The predicted octanol–water partition coefficient (Wildman–Crippen LogP) is 5.20. The van der Waals surface area contributed by atoms with Crippen molar-refractivity contribution in [2.75, 3.05) is 20.6 Å². The van der Waals surface area contributed by atoms with Crippen molar-refractivity contribution in [2.24, 2.45) is 17.8 Å². The van der Waals surface area contributed by atoms with E-state index in [0.717, 1.165) is 18.4 Å². The molecule has 0 radical (unpaired) electrons. The monoisotopic (exact) mass is 664 g/mol. The molecule has 10 nitrogen and oxygen atoms in total. The van der Waals surface area contributed by atoms with Gasteiger partial charge in [-0.3, -0.25) is 18.9 Å². The zero-order chi connectivity index (χ0) is 35.3. The number of hydrogen-bond acceptors (Lipinski definition) is 8. The Labute approximate surface area is 283 Å². The van der Waals surface area contributed by atoms with Crippen molar-refractivity contribution in [1.82, 2.24) is 0 Å². The number of quaternary nitrogens is 1. The number of aryl methyl sites for hydroxylation is 2. The summed E-state index contributed by atoms with van der Waals surface area (Å²) in [5.74, 6) is -5.06. The van der Waals surface area contributed by atoms with Crippen LogP contribution >= 0.6 is 0 Å². The highest BCUT2D eigenvalue weighted by molar-refractivity contribution is 5.84. The van der Waals surface area contributed by atoms with E-state index in [-0.39, 0.29) is 4.48 Å². The highest BCUT2D eigenvalue weighted by Gasteiger charge is 2.59. The minimum Gasteiger partial charge on any atom is -0.479 e. The van der Waals surface area contributed by atoms with E-state index >= 15 is 0 Å². The van der Waals surface area contributed by atoms with Gasteiger partial charge in [-0.05, 0) is 40.7 Å². The summed E-state index contributed by atoms with van der Waals surface area (Å²) in [5, 5.41) is 10.3. The van der Waals surface area contributed by atoms with Gasteiger partial charge in [-0.15, -0.1) is 0 Å². The van der Waals surface area contributed by atoms with Crippen LogP contribution in [0.4, 0.5) is 0 Å². The first-order valence-electron chi connectivity index (χ1n) is 16.8. The lowest BCUT2D eigenvalue weighted by atomic mass is 9.93. The van der Waals surface area contributed by atoms with Crippen molar-refractivity contribution in [3.8, 4) is 0 Å². The molecule has 0 bridgehead atoms. The number of carboxylic acid groups (broad SMARTS) is 1. The lowest BCUT2D eigenvalue weighted by molar-refractivity contribution is -0.943. The average Bonchev–Trinajstić information content (AvgIpc) is 3.18. The average molecular weight is 665 g/mol. The number of ether oxygens (including phenoxy) is 4. The van der Waals surface area contributed by atoms with E-state index in [2.05, 4.69) is 42.5 Å². The van der Waals surface area contributed by atoms with Gasteiger partial charge in [0.1, 0.15) is 0 Å². The maximum absolute atomic E-state index is 13.1. The summed E-state index contributed by atoms with van der Waals surface area (Å²) in [6.07, 6.45) is -2.41. The number of carbonyl (C=O) groups is 4. The molecule has 1 heterocycles. The number of likely N-dealkylation sites (N-methyl/N-ethyl adjacent to an activating group) is 1. The summed E-state index contributed by atoms with van der Waals surface area (Å²) < 4.78 is 23.8. The fraction of sp³-hybridized carbons (Fsp3) is 0.526. The smallest absolute Gasteiger partial charge is 0.337 e. The minimum absolute atomic E-state index is 0.0491. The molecule has 1 aliphatic heterocycles. The molecule has 10 heteroatoms. The summed E-state index contributed by atoms with van der Waals surface area (Å²) in [6, 6.07) is 16.8. The molecule has 1 saturated heterocycles. The van der Waals surface area contributed by atoms with Crippen molar-refractivity contribution < 1.29 is 47.7 Å². The van der Waals surface area contributed by atoms with E-state index in [1.165, 1.54) is 22.3 Å². The number of hydrogen-bond donors (Lipinski definition) is 1. The quantitative estimate of drug-likeness (QED) is 0.196. The SMILES string of the molecule is CC(C)C(=O)O[C@@H]1[C@@H](OC(=O)C(C)C)[C@H]([N+](C)(C)CCC=C2c3ccccc3CCc3ccccc32)O[C@H](C(=O)O)[C@H]1OC(=O)C(C)C. The van der Waals surface area contributed by atoms with Crippen molar-refractivity contribution in [3.05, 3.63) is 76.9 Å². The van der Waals surface area contributed by atoms with Crippen LogP contribution in [-0.4, -0.2) is 84.8 Å². The second kappa shape index (κ2) is 15.5. The maximum atomic E-state index is 13.1. The Balaban J connectivity index is 1.75. The number of carboxylic acids is 1. The molecule has 48 heavy (non-hydrogen) atoms. The molecule has 260 valence electrons. The van der Waals surface area contributed by atoms with Gasteiger partial charge in [0.05, 0.1) is 38.4 Å². The van der Waals surface area contributed by atoms with Crippen LogP contribution in [0.1, 0.15) is 70.2 Å². The molecule has 2 aromatic carbocycles. The van der Waals surface area contributed by atoms with Crippen LogP contribution in [0.3, 0.4) is 0 Å². The second-order valence-corrected chi connectivity index (χ2v) is 14.2. The Kier molecular flexibility index (Phi) is 11.9. The lowest BCUT2D eigenvalue weighted by Crippen LogP contribution is -2.70. The summed E-state index contributed by atoms with van der Waals surface area (Å²) in [7, 11) is 3.71. The Morgan fingerprint density at radius 1 is 0.750 bits per heavy atom. The van der Waals surface area contributed by atoms with Crippen LogP contribution in [0.15, 0.2) is 54.6 Å². The summed E-state index contributed by atoms with van der Waals surface area (Å²) in [4.78, 5) is 51.7. The fourth-order valence-electron chi connectivity index (χ4n) is 6.09. The topological polar surface area (TPSA) is 125 Å². The normalized spacial score (nSPS) is 22.4. The van der Waals surface area contributed by atoms with E-state index in [4.69, 9.17) is 18.9 Å². The molecule has 0 aromatic heterocycles. The molecule has 0 unspecified atom stereocenters. The van der Waals surface area contributed by atoms with Crippen LogP contribution in [0, 0.1) is 17.8 Å². The number of rotatable bonds is 11. The standard InChI is InChI=1S/C38H49NO9/c1-22(2)36(42)46-30-31(47-37(43)23(3)4)33(35(40)41)45-34(32(30)48-38(44)24(5)6)39(7,8)21-13-18-29-27-16-11-9-14-25(27)19-20-26-15-10-12-17-28(26)29/h9-12,14-18,22-24,30-34H,13,19-21H2,1-8H3/p+1/t30-,31-,32+,33-,34+/m0/s1. The van der Waals surface area contributed by atoms with Crippen LogP contribution in [0.25, 0.3) is 5.57 Å². The van der Waals surface area contributed by atoms with E-state index in [0.29, 0.717) is 13.0 Å². The second-order valence-electron chi connectivity index (χ2n) is 14.2. The molecule has 4 rings (SSSR count). The highest BCUT2D eigenvalue weighted by Crippen LogP contribution is 2.36. The number of benzene rings is 2. The van der Waals surface area contributed by atoms with Crippen molar-refractivity contribution in [1.29, 1.82) is 0 Å². The van der Waals surface area contributed by atoms with Gasteiger partial charge in [-0.25, -0.2) is 4.79 Å². The van der Waals surface area contributed by atoms with Crippen LogP contribution in [-0.2, 0) is 51.0 Å². The summed E-state index contributed by atoms with van der Waals surface area (Å²) >= 11 is 0. The van der Waals surface area contributed by atoms with Gasteiger partial charge >= 0.3 is 23.9 Å². The number of aliphatic carboxylic acids is 1. The van der Waals surface area contributed by atoms with Gasteiger partial charge in [0.15, 0.2) is 12.2 Å². The van der Waals surface area contributed by atoms with Gasteiger partial charge < -0.3 is 24.1 Å². The largest absolute Gasteiger partial charge is 0.479 e. The maximum Gasteiger partial charge on any atom is 0.337 e. The van der Waals surface area contributed by atoms with Gasteiger partial charge in [0, 0.05) is 6.42 Å². The zero-order valence-corrected chi connectivity index (χ0v) is 29.3. The molecule has 2 aliphatic rings. The highest BCUT2D eigenvalue weighted by atomic mass is 16.7. The molecule has 1 fully saturated rings. The molecular formula is C38H50NO9+. The number of nitrogens with zero attached hydrogens (tertiary/aromatic N) is 1. The molecule has 0 saturated carbocycles. The first-order chi connectivity index (χ1) is 22.6. The van der Waals surface area contributed by atoms with Crippen LogP contribution in [0.2, 0.25) is 0 Å². The third kappa shape index (κ3) is 8.33. The van der Waals surface area contributed by atoms with Crippen molar-refractivity contribution in [3.63, 3.8) is 0 Å². The molecule has 1 aliphatic carbocycles. The van der Waals surface area contributed by atoms with Gasteiger partial charge in [-0.2, -0.15) is 0 Å². The van der Waals surface area contributed by atoms with E-state index in [9.17, 15) is 24.3 Å².